The van der Waals surface area contributed by atoms with E-state index in [1.807, 2.05) is 0 Å². The predicted octanol–water partition coefficient (Wildman–Crippen LogP) is 1.59. The van der Waals surface area contributed by atoms with Crippen LogP contribution in [0.1, 0.15) is 29.6 Å². The van der Waals surface area contributed by atoms with E-state index in [2.05, 4.69) is 0 Å². The second kappa shape index (κ2) is 5.61. The fourth-order valence-corrected chi connectivity index (χ4v) is 3.89. The molecule has 0 spiro atoms. The van der Waals surface area contributed by atoms with Crippen LogP contribution in [0.5, 0.6) is 5.75 Å². The fourth-order valence-electron chi connectivity index (χ4n) is 3.89. The monoisotopic (exact) mass is 329 g/mol. The van der Waals surface area contributed by atoms with Gasteiger partial charge in [0, 0.05) is 13.1 Å². The number of likely N-dealkylation sites (tertiary alicyclic amines) is 1. The third-order valence-electron chi connectivity index (χ3n) is 5.32. The lowest BCUT2D eigenvalue weighted by molar-refractivity contribution is -0.143. The standard InChI is InChI=1S/C18H19NO5/c20-14-7-16(24-15-4-2-1-3-11(14)15)17(21)19-8-12(10-5-6-10)13(9-19)18(22)23/h1-4,10,12-13,16H,5-9H2,(H,22,23)/t12-,13+,16?/m0/s1. The minimum absolute atomic E-state index is 0.0121. The van der Waals surface area contributed by atoms with E-state index in [-0.39, 0.29) is 30.6 Å². The Labute approximate surface area is 139 Å². The first-order valence-electron chi connectivity index (χ1n) is 8.35. The number of carboxylic acid groups (broad SMARTS) is 1. The van der Waals surface area contributed by atoms with E-state index in [1.54, 1.807) is 29.2 Å². The molecular weight excluding hydrogens is 310 g/mol. The zero-order valence-corrected chi connectivity index (χ0v) is 13.2. The molecule has 126 valence electrons. The third-order valence-corrected chi connectivity index (χ3v) is 5.32. The summed E-state index contributed by atoms with van der Waals surface area (Å²) in [6, 6.07) is 6.90. The number of ketones is 1. The first-order chi connectivity index (χ1) is 11.5. The number of carbonyl (C=O) groups is 3. The summed E-state index contributed by atoms with van der Waals surface area (Å²) in [6.45, 7) is 0.668. The minimum Gasteiger partial charge on any atom is -0.481 e. The molecule has 1 aromatic rings. The van der Waals surface area contributed by atoms with Crippen molar-refractivity contribution in [1.82, 2.24) is 4.90 Å². The Morgan fingerprint density at radius 1 is 1.17 bits per heavy atom. The smallest absolute Gasteiger partial charge is 0.308 e. The molecule has 1 N–H and O–H groups in total. The number of ether oxygens (including phenoxy) is 1. The summed E-state index contributed by atoms with van der Waals surface area (Å²) in [7, 11) is 0. The van der Waals surface area contributed by atoms with Crippen LogP contribution in [0.15, 0.2) is 24.3 Å². The van der Waals surface area contributed by atoms with Crippen molar-refractivity contribution in [2.45, 2.75) is 25.4 Å². The fraction of sp³-hybridized carbons (Fsp3) is 0.500. The van der Waals surface area contributed by atoms with Crippen LogP contribution in [-0.2, 0) is 9.59 Å². The number of Topliss-reactive ketones (excluding diaryl/α,β-unsaturated/α-hetero) is 1. The van der Waals surface area contributed by atoms with E-state index in [0.29, 0.717) is 23.8 Å². The topological polar surface area (TPSA) is 83.9 Å². The molecule has 3 atom stereocenters. The van der Waals surface area contributed by atoms with Crippen molar-refractivity contribution in [3.63, 3.8) is 0 Å². The van der Waals surface area contributed by atoms with Crippen molar-refractivity contribution in [3.05, 3.63) is 29.8 Å². The first-order valence-corrected chi connectivity index (χ1v) is 8.35. The van der Waals surface area contributed by atoms with Gasteiger partial charge in [-0.2, -0.15) is 0 Å². The van der Waals surface area contributed by atoms with Crippen LogP contribution in [-0.4, -0.2) is 46.9 Å². The van der Waals surface area contributed by atoms with Gasteiger partial charge in [-0.1, -0.05) is 12.1 Å². The highest BCUT2D eigenvalue weighted by Gasteiger charge is 2.48. The Morgan fingerprint density at radius 3 is 2.62 bits per heavy atom. The van der Waals surface area contributed by atoms with Crippen molar-refractivity contribution < 1.29 is 24.2 Å². The quantitative estimate of drug-likeness (QED) is 0.910. The Morgan fingerprint density at radius 2 is 1.92 bits per heavy atom. The molecule has 1 amide bonds. The summed E-state index contributed by atoms with van der Waals surface area (Å²) in [5.41, 5.74) is 0.502. The number of aliphatic carboxylic acids is 1. The van der Waals surface area contributed by atoms with Crippen molar-refractivity contribution in [1.29, 1.82) is 0 Å². The second-order valence-corrected chi connectivity index (χ2v) is 6.92. The molecule has 4 rings (SSSR count). The van der Waals surface area contributed by atoms with Gasteiger partial charge >= 0.3 is 5.97 Å². The molecule has 1 unspecified atom stereocenters. The van der Waals surface area contributed by atoms with Crippen LogP contribution < -0.4 is 4.74 Å². The zero-order valence-electron chi connectivity index (χ0n) is 13.2. The minimum atomic E-state index is -0.847. The number of rotatable bonds is 3. The van der Waals surface area contributed by atoms with Crippen molar-refractivity contribution in [2.75, 3.05) is 13.1 Å². The molecular formula is C18H19NO5. The van der Waals surface area contributed by atoms with Crippen LogP contribution in [0.2, 0.25) is 0 Å². The van der Waals surface area contributed by atoms with E-state index < -0.39 is 18.0 Å². The number of fused-ring (bicyclic) bond motifs is 1. The van der Waals surface area contributed by atoms with E-state index in [4.69, 9.17) is 4.74 Å². The molecule has 6 heteroatoms. The van der Waals surface area contributed by atoms with E-state index >= 15 is 0 Å². The van der Waals surface area contributed by atoms with Gasteiger partial charge < -0.3 is 14.7 Å². The number of nitrogens with zero attached hydrogens (tertiary/aromatic N) is 1. The van der Waals surface area contributed by atoms with Crippen LogP contribution in [0.25, 0.3) is 0 Å². The highest BCUT2D eigenvalue weighted by Crippen LogP contribution is 2.44. The molecule has 1 saturated heterocycles. The normalized spacial score (nSPS) is 29.1. The molecule has 2 fully saturated rings. The van der Waals surface area contributed by atoms with E-state index in [9.17, 15) is 19.5 Å². The number of hydrogen-bond acceptors (Lipinski definition) is 4. The maximum absolute atomic E-state index is 12.8. The second-order valence-electron chi connectivity index (χ2n) is 6.92. The summed E-state index contributed by atoms with van der Waals surface area (Å²) in [5.74, 6) is -0.854. The van der Waals surface area contributed by atoms with Crippen molar-refractivity contribution >= 4 is 17.7 Å². The molecule has 24 heavy (non-hydrogen) atoms. The molecule has 0 aromatic heterocycles. The van der Waals surface area contributed by atoms with Crippen LogP contribution in [0.3, 0.4) is 0 Å². The Kier molecular flexibility index (Phi) is 3.55. The lowest BCUT2D eigenvalue weighted by Gasteiger charge is -2.28. The van der Waals surface area contributed by atoms with Crippen LogP contribution in [0.4, 0.5) is 0 Å². The summed E-state index contributed by atoms with van der Waals surface area (Å²) in [4.78, 5) is 38.1. The molecule has 2 heterocycles. The molecule has 6 nitrogen and oxygen atoms in total. The molecule has 3 aliphatic rings. The van der Waals surface area contributed by atoms with Gasteiger partial charge in [-0.15, -0.1) is 0 Å². The van der Waals surface area contributed by atoms with Gasteiger partial charge in [0.25, 0.3) is 5.91 Å². The zero-order chi connectivity index (χ0) is 16.8. The summed E-state index contributed by atoms with van der Waals surface area (Å²) in [6.07, 6.45) is 1.25. The lowest BCUT2D eigenvalue weighted by Crippen LogP contribution is -2.44. The summed E-state index contributed by atoms with van der Waals surface area (Å²) >= 11 is 0. The number of para-hydroxylation sites is 1. The molecule has 0 bridgehead atoms. The lowest BCUT2D eigenvalue weighted by atomic mass is 9.92. The Hall–Kier alpha value is -2.37. The van der Waals surface area contributed by atoms with E-state index in [0.717, 1.165) is 12.8 Å². The van der Waals surface area contributed by atoms with E-state index in [1.165, 1.54) is 0 Å². The van der Waals surface area contributed by atoms with Gasteiger partial charge in [0.15, 0.2) is 11.9 Å². The van der Waals surface area contributed by atoms with Gasteiger partial charge in [0.2, 0.25) is 0 Å². The SMILES string of the molecule is O=C1CC(C(=O)N2C[C@@H](C(=O)O)[C@H](C3CC3)C2)Oc2ccccc21. The summed E-state index contributed by atoms with van der Waals surface area (Å²) in [5, 5.41) is 9.42. The number of hydrogen-bond donors (Lipinski definition) is 1. The number of amides is 1. The number of carbonyl (C=O) groups excluding carboxylic acids is 2. The van der Waals surface area contributed by atoms with Gasteiger partial charge in [0.1, 0.15) is 5.75 Å². The molecule has 2 aliphatic heterocycles. The number of benzene rings is 1. The average molecular weight is 329 g/mol. The highest BCUT2D eigenvalue weighted by molar-refractivity contribution is 6.03. The Bertz CT molecular complexity index is 711. The average Bonchev–Trinajstić information content (AvgIpc) is 3.32. The van der Waals surface area contributed by atoms with Crippen LogP contribution >= 0.6 is 0 Å². The molecule has 1 aromatic carbocycles. The molecule has 0 radical (unpaired) electrons. The van der Waals surface area contributed by atoms with Gasteiger partial charge in [0.05, 0.1) is 17.9 Å². The van der Waals surface area contributed by atoms with Crippen molar-refractivity contribution in [3.8, 4) is 5.75 Å². The third kappa shape index (κ3) is 2.56. The summed E-state index contributed by atoms with van der Waals surface area (Å²) < 4.78 is 5.72. The Balaban J connectivity index is 1.50. The van der Waals surface area contributed by atoms with Crippen molar-refractivity contribution in [2.24, 2.45) is 17.8 Å². The largest absolute Gasteiger partial charge is 0.481 e. The predicted molar refractivity (Wildman–Crippen MR) is 83.7 cm³/mol. The molecule has 1 saturated carbocycles. The maximum Gasteiger partial charge on any atom is 0.308 e. The molecule has 1 aliphatic carbocycles. The van der Waals surface area contributed by atoms with Gasteiger partial charge in [-0.3, -0.25) is 14.4 Å². The van der Waals surface area contributed by atoms with Crippen LogP contribution in [0, 0.1) is 17.8 Å². The number of carboxylic acids is 1. The highest BCUT2D eigenvalue weighted by atomic mass is 16.5. The van der Waals surface area contributed by atoms with Gasteiger partial charge in [-0.05, 0) is 36.8 Å². The maximum atomic E-state index is 12.8. The first kappa shape index (κ1) is 15.2. The van der Waals surface area contributed by atoms with Gasteiger partial charge in [-0.25, -0.2) is 0 Å².